The molecule has 1 heterocycles. The Morgan fingerprint density at radius 2 is 1.96 bits per heavy atom. The monoisotopic (exact) mass is 390 g/mol. The van der Waals surface area contributed by atoms with E-state index >= 15 is 0 Å². The Hall–Kier alpha value is -2.77. The summed E-state index contributed by atoms with van der Waals surface area (Å²) in [4.78, 5) is 23.7. The lowest BCUT2D eigenvalue weighted by atomic mass is 10.2. The standard InChI is InChI=1S/C19H19ClN2O5/c1-25-19(24)13-3-4-14(20)15(9-13)22-18(23)6-7-21-10-12-2-5-16-17(8-12)27-11-26-16/h2-5,8-9,21H,6-7,10-11H2,1H3,(H,22,23). The van der Waals surface area contributed by atoms with Gasteiger partial charge in [0.15, 0.2) is 11.5 Å². The number of anilines is 1. The average molecular weight is 391 g/mol. The van der Waals surface area contributed by atoms with Crippen molar-refractivity contribution < 1.29 is 23.8 Å². The smallest absolute Gasteiger partial charge is 0.337 e. The second kappa shape index (κ2) is 8.75. The molecule has 0 aromatic heterocycles. The number of ether oxygens (including phenoxy) is 3. The molecule has 0 bridgehead atoms. The summed E-state index contributed by atoms with van der Waals surface area (Å²) in [6.07, 6.45) is 0.253. The minimum Gasteiger partial charge on any atom is -0.465 e. The van der Waals surface area contributed by atoms with Crippen LogP contribution in [0.1, 0.15) is 22.3 Å². The van der Waals surface area contributed by atoms with E-state index in [1.807, 2.05) is 18.2 Å². The number of carbonyl (C=O) groups excluding carboxylic acids is 2. The van der Waals surface area contributed by atoms with Crippen LogP contribution in [0.4, 0.5) is 5.69 Å². The van der Waals surface area contributed by atoms with Crippen molar-refractivity contribution in [3.8, 4) is 11.5 Å². The molecule has 2 N–H and O–H groups in total. The minimum atomic E-state index is -0.493. The summed E-state index contributed by atoms with van der Waals surface area (Å²) >= 11 is 6.07. The number of hydrogen-bond donors (Lipinski definition) is 2. The molecule has 2 aromatic carbocycles. The zero-order valence-electron chi connectivity index (χ0n) is 14.7. The summed E-state index contributed by atoms with van der Waals surface area (Å²) in [5, 5.41) is 6.26. The summed E-state index contributed by atoms with van der Waals surface area (Å²) in [6, 6.07) is 10.3. The van der Waals surface area contributed by atoms with Crippen molar-refractivity contribution in [2.45, 2.75) is 13.0 Å². The lowest BCUT2D eigenvalue weighted by Gasteiger charge is -2.10. The van der Waals surface area contributed by atoms with Crippen molar-refractivity contribution in [3.05, 3.63) is 52.5 Å². The van der Waals surface area contributed by atoms with Gasteiger partial charge in [0, 0.05) is 19.5 Å². The highest BCUT2D eigenvalue weighted by molar-refractivity contribution is 6.33. The van der Waals surface area contributed by atoms with E-state index in [4.69, 9.17) is 21.1 Å². The second-order valence-electron chi connectivity index (χ2n) is 5.85. The number of carbonyl (C=O) groups is 2. The van der Waals surface area contributed by atoms with Crippen LogP contribution in [0.15, 0.2) is 36.4 Å². The number of esters is 1. The average Bonchev–Trinajstić information content (AvgIpc) is 3.14. The van der Waals surface area contributed by atoms with Crippen LogP contribution in [-0.2, 0) is 16.1 Å². The fourth-order valence-corrected chi connectivity index (χ4v) is 2.73. The number of nitrogens with one attached hydrogen (secondary N) is 2. The lowest BCUT2D eigenvalue weighted by Crippen LogP contribution is -2.21. The molecule has 0 saturated carbocycles. The van der Waals surface area contributed by atoms with Crippen molar-refractivity contribution in [1.29, 1.82) is 0 Å². The summed E-state index contributed by atoms with van der Waals surface area (Å²) in [5.74, 6) is 0.765. The number of halogens is 1. The highest BCUT2D eigenvalue weighted by Gasteiger charge is 2.13. The Kier molecular flexibility index (Phi) is 6.16. The fourth-order valence-electron chi connectivity index (χ4n) is 2.56. The molecule has 1 aliphatic rings. The predicted octanol–water partition coefficient (Wildman–Crippen LogP) is 2.97. The van der Waals surface area contributed by atoms with Crippen molar-refractivity contribution in [2.75, 3.05) is 25.8 Å². The van der Waals surface area contributed by atoms with Crippen LogP contribution >= 0.6 is 11.6 Å². The van der Waals surface area contributed by atoms with E-state index in [1.54, 1.807) is 6.07 Å². The van der Waals surface area contributed by atoms with Gasteiger partial charge in [0.05, 0.1) is 23.4 Å². The van der Waals surface area contributed by atoms with Gasteiger partial charge in [-0.05, 0) is 35.9 Å². The molecule has 8 heteroatoms. The molecule has 1 aliphatic heterocycles. The van der Waals surface area contributed by atoms with E-state index in [0.29, 0.717) is 29.4 Å². The van der Waals surface area contributed by atoms with E-state index in [1.165, 1.54) is 19.2 Å². The van der Waals surface area contributed by atoms with E-state index in [9.17, 15) is 9.59 Å². The topological polar surface area (TPSA) is 85.9 Å². The number of hydrogen-bond acceptors (Lipinski definition) is 6. The van der Waals surface area contributed by atoms with Crippen molar-refractivity contribution in [3.63, 3.8) is 0 Å². The molecule has 0 saturated heterocycles. The highest BCUT2D eigenvalue weighted by Crippen LogP contribution is 2.32. The lowest BCUT2D eigenvalue weighted by molar-refractivity contribution is -0.116. The zero-order chi connectivity index (χ0) is 19.2. The van der Waals surface area contributed by atoms with Gasteiger partial charge in [0.25, 0.3) is 0 Å². The molecule has 0 fully saturated rings. The Morgan fingerprint density at radius 3 is 2.78 bits per heavy atom. The first kappa shape index (κ1) is 19.0. The van der Waals surface area contributed by atoms with Gasteiger partial charge in [0.1, 0.15) is 0 Å². The molecule has 0 aliphatic carbocycles. The van der Waals surface area contributed by atoms with Gasteiger partial charge in [-0.1, -0.05) is 17.7 Å². The number of rotatable bonds is 7. The Morgan fingerprint density at radius 1 is 1.15 bits per heavy atom. The van der Waals surface area contributed by atoms with Crippen LogP contribution in [0.2, 0.25) is 5.02 Å². The Bertz CT molecular complexity index is 856. The van der Waals surface area contributed by atoms with Gasteiger partial charge in [0.2, 0.25) is 12.7 Å². The summed E-state index contributed by atoms with van der Waals surface area (Å²) in [7, 11) is 1.29. The molecule has 0 atom stereocenters. The maximum Gasteiger partial charge on any atom is 0.337 e. The van der Waals surface area contributed by atoms with Gasteiger partial charge in [-0.3, -0.25) is 4.79 Å². The normalized spacial score (nSPS) is 11.9. The third kappa shape index (κ3) is 4.90. The van der Waals surface area contributed by atoms with Gasteiger partial charge in [-0.2, -0.15) is 0 Å². The molecular formula is C19H19ClN2O5. The summed E-state index contributed by atoms with van der Waals surface area (Å²) < 4.78 is 15.3. The molecular weight excluding hydrogens is 372 g/mol. The molecule has 2 aromatic rings. The van der Waals surface area contributed by atoms with Crippen molar-refractivity contribution >= 4 is 29.2 Å². The summed E-state index contributed by atoms with van der Waals surface area (Å²) in [6.45, 7) is 1.32. The number of fused-ring (bicyclic) bond motifs is 1. The Balaban J connectivity index is 1.46. The van der Waals surface area contributed by atoms with Gasteiger partial charge >= 0.3 is 5.97 Å². The first-order chi connectivity index (χ1) is 13.1. The fraction of sp³-hybridized carbons (Fsp3) is 0.263. The van der Waals surface area contributed by atoms with Crippen LogP contribution in [0, 0.1) is 0 Å². The largest absolute Gasteiger partial charge is 0.465 e. The van der Waals surface area contributed by atoms with Crippen LogP contribution in [0.25, 0.3) is 0 Å². The third-order valence-corrected chi connectivity index (χ3v) is 4.29. The predicted molar refractivity (Wildman–Crippen MR) is 100 cm³/mol. The van der Waals surface area contributed by atoms with Crippen molar-refractivity contribution in [2.24, 2.45) is 0 Å². The van der Waals surface area contributed by atoms with E-state index in [-0.39, 0.29) is 19.1 Å². The first-order valence-corrected chi connectivity index (χ1v) is 8.71. The molecule has 3 rings (SSSR count). The van der Waals surface area contributed by atoms with Gasteiger partial charge in [-0.15, -0.1) is 0 Å². The molecule has 1 amide bonds. The third-order valence-electron chi connectivity index (χ3n) is 3.96. The van der Waals surface area contributed by atoms with E-state index in [2.05, 4.69) is 15.4 Å². The quantitative estimate of drug-likeness (QED) is 0.558. The van der Waals surface area contributed by atoms with Crippen LogP contribution in [-0.4, -0.2) is 32.3 Å². The van der Waals surface area contributed by atoms with Gasteiger partial charge in [-0.25, -0.2) is 4.79 Å². The molecule has 27 heavy (non-hydrogen) atoms. The van der Waals surface area contributed by atoms with Crippen LogP contribution in [0.5, 0.6) is 11.5 Å². The second-order valence-corrected chi connectivity index (χ2v) is 6.26. The number of benzene rings is 2. The van der Waals surface area contributed by atoms with E-state index in [0.717, 1.165) is 17.1 Å². The van der Waals surface area contributed by atoms with Crippen LogP contribution in [0.3, 0.4) is 0 Å². The molecule has 0 spiro atoms. The maximum atomic E-state index is 12.1. The maximum absolute atomic E-state index is 12.1. The van der Waals surface area contributed by atoms with Crippen LogP contribution < -0.4 is 20.1 Å². The van der Waals surface area contributed by atoms with Crippen molar-refractivity contribution in [1.82, 2.24) is 5.32 Å². The highest BCUT2D eigenvalue weighted by atomic mass is 35.5. The number of amides is 1. The molecule has 0 radical (unpaired) electrons. The molecule has 0 unspecified atom stereocenters. The van der Waals surface area contributed by atoms with Gasteiger partial charge < -0.3 is 24.8 Å². The molecule has 142 valence electrons. The first-order valence-electron chi connectivity index (χ1n) is 8.34. The minimum absolute atomic E-state index is 0.211. The molecule has 7 nitrogen and oxygen atoms in total. The van der Waals surface area contributed by atoms with E-state index < -0.39 is 5.97 Å². The number of methoxy groups -OCH3 is 1. The Labute approximate surface area is 161 Å². The summed E-state index contributed by atoms with van der Waals surface area (Å²) in [5.41, 5.74) is 1.73. The SMILES string of the molecule is COC(=O)c1ccc(Cl)c(NC(=O)CCNCc2ccc3c(c2)OCO3)c1. The zero-order valence-corrected chi connectivity index (χ0v) is 15.5.